The molecule has 0 radical (unpaired) electrons. The van der Waals surface area contributed by atoms with Crippen LogP contribution in [0.2, 0.25) is 30.7 Å². The first-order chi connectivity index (χ1) is 18.6. The van der Waals surface area contributed by atoms with Gasteiger partial charge >= 0.3 is 0 Å². The first kappa shape index (κ1) is 27.0. The summed E-state index contributed by atoms with van der Waals surface area (Å²) < 4.78 is 9.32. The lowest BCUT2D eigenvalue weighted by Crippen LogP contribution is -2.43. The second-order valence-corrected chi connectivity index (χ2v) is 19.8. The third-order valence-electron chi connectivity index (χ3n) is 8.17. The smallest absolute Gasteiger partial charge is 0.185 e. The Labute approximate surface area is 241 Å². The van der Waals surface area contributed by atoms with Crippen molar-refractivity contribution in [2.45, 2.75) is 77.1 Å². The first-order valence-electron chi connectivity index (χ1n) is 14.1. The van der Waals surface area contributed by atoms with Gasteiger partial charge in [-0.1, -0.05) is 55.6 Å². The molecule has 10 heteroatoms. The van der Waals surface area contributed by atoms with Gasteiger partial charge in [-0.2, -0.15) is 0 Å². The summed E-state index contributed by atoms with van der Waals surface area (Å²) in [6.45, 7) is 10.7. The second kappa shape index (κ2) is 10.3. The molecule has 2 saturated heterocycles. The van der Waals surface area contributed by atoms with Crippen LogP contribution >= 0.6 is 22.9 Å². The van der Waals surface area contributed by atoms with Crippen molar-refractivity contribution in [2.24, 2.45) is 5.92 Å². The van der Waals surface area contributed by atoms with Crippen LogP contribution in [0, 0.1) is 5.92 Å². The quantitative estimate of drug-likeness (QED) is 0.158. The summed E-state index contributed by atoms with van der Waals surface area (Å²) in [6.07, 6.45) is 9.08. The zero-order valence-corrected chi connectivity index (χ0v) is 26.4. The van der Waals surface area contributed by atoms with Crippen LogP contribution < -0.4 is 9.80 Å². The number of benzene rings is 1. The van der Waals surface area contributed by atoms with E-state index in [4.69, 9.17) is 31.3 Å². The molecule has 5 heterocycles. The average Bonchev–Trinajstić information content (AvgIpc) is 3.54. The van der Waals surface area contributed by atoms with Gasteiger partial charge in [0.15, 0.2) is 10.8 Å². The second-order valence-electron chi connectivity index (χ2n) is 12.8. The zero-order valence-electron chi connectivity index (χ0n) is 23.9. The van der Waals surface area contributed by atoms with Crippen molar-refractivity contribution < 1.29 is 4.74 Å². The topological polar surface area (TPSA) is 59.3 Å². The third kappa shape index (κ3) is 5.19. The Morgan fingerprint density at radius 1 is 1.10 bits per heavy atom. The third-order valence-corrected chi connectivity index (χ3v) is 11.6. The van der Waals surface area contributed by atoms with E-state index < -0.39 is 8.07 Å². The molecule has 4 aromatic rings. The van der Waals surface area contributed by atoms with Gasteiger partial charge in [-0.3, -0.25) is 0 Å². The standard InChI is InChI=1S/C29H39ClN6OSSi/c1-18-13-19-7-8-20(14-18)36(19)24-15-31-26-22(16-35(28(26)33-24)17-37-11-12-39(4,5)6)21-9-10-23-27(25(21)30)38-29(32-23)34(2)3/h9-10,15-16,18-20H,7-8,11-14,17H2,1-6H3/t18?,19-,20+. The van der Waals surface area contributed by atoms with Crippen molar-refractivity contribution >= 4 is 63.3 Å². The fraction of sp³-hybridized carbons (Fsp3) is 0.552. The van der Waals surface area contributed by atoms with Gasteiger partial charge in [0.2, 0.25) is 0 Å². The van der Waals surface area contributed by atoms with E-state index in [1.807, 2.05) is 25.2 Å². The van der Waals surface area contributed by atoms with Gasteiger partial charge in [-0.05, 0) is 43.7 Å². The van der Waals surface area contributed by atoms with Crippen molar-refractivity contribution in [3.05, 3.63) is 29.5 Å². The summed E-state index contributed by atoms with van der Waals surface area (Å²) in [6, 6.07) is 6.39. The molecule has 39 heavy (non-hydrogen) atoms. The highest BCUT2D eigenvalue weighted by molar-refractivity contribution is 7.22. The Morgan fingerprint density at radius 3 is 2.54 bits per heavy atom. The average molecular weight is 583 g/mol. The van der Waals surface area contributed by atoms with Crippen LogP contribution in [0.3, 0.4) is 0 Å². The van der Waals surface area contributed by atoms with Gasteiger partial charge in [0.25, 0.3) is 0 Å². The largest absolute Gasteiger partial charge is 0.361 e. The Kier molecular flexibility index (Phi) is 7.14. The van der Waals surface area contributed by atoms with Crippen molar-refractivity contribution in [3.8, 4) is 11.1 Å². The maximum atomic E-state index is 7.05. The maximum Gasteiger partial charge on any atom is 0.185 e. The number of hydrogen-bond acceptors (Lipinski definition) is 7. The molecule has 0 aliphatic carbocycles. The molecule has 2 aliphatic rings. The summed E-state index contributed by atoms with van der Waals surface area (Å²) in [5, 5.41) is 1.66. The van der Waals surface area contributed by atoms with Gasteiger partial charge in [0.1, 0.15) is 18.1 Å². The number of anilines is 2. The summed E-state index contributed by atoms with van der Waals surface area (Å²) in [5.41, 5.74) is 4.59. The van der Waals surface area contributed by atoms with E-state index in [9.17, 15) is 0 Å². The fourth-order valence-electron chi connectivity index (χ4n) is 6.17. The Morgan fingerprint density at radius 2 is 1.85 bits per heavy atom. The number of rotatable bonds is 8. The summed E-state index contributed by atoms with van der Waals surface area (Å²) >= 11 is 8.67. The minimum absolute atomic E-state index is 0.453. The SMILES string of the molecule is CC1C[C@H]2CC[C@@H](C1)N2c1cnc2c(-c3ccc4nc(N(C)C)sc4c3Cl)cn(COCC[Si](C)(C)C)c2n1. The molecule has 6 rings (SSSR count). The van der Waals surface area contributed by atoms with E-state index in [2.05, 4.69) is 54.4 Å². The lowest BCUT2D eigenvalue weighted by molar-refractivity contribution is 0.0899. The summed E-state index contributed by atoms with van der Waals surface area (Å²) in [5.74, 6) is 1.78. The lowest BCUT2D eigenvalue weighted by atomic mass is 9.92. The van der Waals surface area contributed by atoms with Crippen LogP contribution in [0.5, 0.6) is 0 Å². The van der Waals surface area contributed by atoms with Crippen LogP contribution in [-0.2, 0) is 11.5 Å². The molecule has 7 nitrogen and oxygen atoms in total. The molecule has 3 atom stereocenters. The molecule has 2 fully saturated rings. The van der Waals surface area contributed by atoms with E-state index in [1.165, 1.54) is 25.7 Å². The van der Waals surface area contributed by atoms with Crippen LogP contribution in [0.15, 0.2) is 24.5 Å². The maximum absolute atomic E-state index is 7.05. The number of thiazole rings is 1. The number of aromatic nitrogens is 4. The minimum Gasteiger partial charge on any atom is -0.361 e. The van der Waals surface area contributed by atoms with E-state index >= 15 is 0 Å². The number of piperidine rings is 1. The van der Waals surface area contributed by atoms with Gasteiger partial charge in [-0.15, -0.1) is 0 Å². The van der Waals surface area contributed by atoms with E-state index in [0.717, 1.165) is 62.0 Å². The normalized spacial score (nSPS) is 21.4. The van der Waals surface area contributed by atoms with Crippen molar-refractivity contribution in [2.75, 3.05) is 30.5 Å². The lowest BCUT2D eigenvalue weighted by Gasteiger charge is -2.38. The minimum atomic E-state index is -1.18. The molecule has 208 valence electrons. The predicted molar refractivity (Wildman–Crippen MR) is 167 cm³/mol. The molecule has 3 aromatic heterocycles. The number of hydrogen-bond donors (Lipinski definition) is 0. The van der Waals surface area contributed by atoms with Gasteiger partial charge in [0.05, 0.1) is 21.4 Å². The van der Waals surface area contributed by atoms with E-state index in [-0.39, 0.29) is 0 Å². The van der Waals surface area contributed by atoms with Crippen LogP contribution in [0.1, 0.15) is 32.6 Å². The van der Waals surface area contributed by atoms with Crippen molar-refractivity contribution in [3.63, 3.8) is 0 Å². The van der Waals surface area contributed by atoms with Crippen molar-refractivity contribution in [1.29, 1.82) is 0 Å². The molecule has 0 saturated carbocycles. The molecule has 0 N–H and O–H groups in total. The summed E-state index contributed by atoms with van der Waals surface area (Å²) in [7, 11) is 2.83. The molecule has 0 amide bonds. The molecular weight excluding hydrogens is 544 g/mol. The van der Waals surface area contributed by atoms with Crippen LogP contribution in [-0.4, -0.2) is 60.4 Å². The Hall–Kier alpha value is -2.20. The molecule has 1 aromatic carbocycles. The predicted octanol–water partition coefficient (Wildman–Crippen LogP) is 7.51. The molecular formula is C29H39ClN6OSSi. The molecule has 2 bridgehead atoms. The number of nitrogens with zero attached hydrogens (tertiary/aromatic N) is 6. The first-order valence-corrected chi connectivity index (χ1v) is 19.0. The Bertz CT molecular complexity index is 1500. The van der Waals surface area contributed by atoms with Crippen molar-refractivity contribution in [1.82, 2.24) is 19.5 Å². The molecule has 1 unspecified atom stereocenters. The molecule has 0 spiro atoms. The van der Waals surface area contributed by atoms with Gasteiger partial charge in [-0.25, -0.2) is 15.0 Å². The highest BCUT2D eigenvalue weighted by Gasteiger charge is 2.40. The highest BCUT2D eigenvalue weighted by atomic mass is 35.5. The van der Waals surface area contributed by atoms with Gasteiger partial charge in [0, 0.05) is 58.2 Å². The zero-order chi connectivity index (χ0) is 27.5. The summed E-state index contributed by atoms with van der Waals surface area (Å²) in [4.78, 5) is 19.6. The number of halogens is 1. The van der Waals surface area contributed by atoms with E-state index in [0.29, 0.717) is 23.8 Å². The highest BCUT2D eigenvalue weighted by Crippen LogP contribution is 2.43. The Balaban J connectivity index is 1.41. The number of fused-ring (bicyclic) bond motifs is 4. The van der Waals surface area contributed by atoms with Gasteiger partial charge < -0.3 is 19.1 Å². The van der Waals surface area contributed by atoms with Crippen LogP contribution in [0.25, 0.3) is 32.5 Å². The molecule has 2 aliphatic heterocycles. The fourth-order valence-corrected chi connectivity index (χ4v) is 8.23. The van der Waals surface area contributed by atoms with Crippen LogP contribution in [0.4, 0.5) is 10.9 Å². The monoisotopic (exact) mass is 582 g/mol. The van der Waals surface area contributed by atoms with E-state index in [1.54, 1.807) is 11.3 Å². The number of ether oxygens (including phenoxy) is 1.